The summed E-state index contributed by atoms with van der Waals surface area (Å²) < 4.78 is 5.82. The fourth-order valence-corrected chi connectivity index (χ4v) is 2.29. The van der Waals surface area contributed by atoms with Gasteiger partial charge in [0.15, 0.2) is 5.58 Å². The summed E-state index contributed by atoms with van der Waals surface area (Å²) in [5.74, 6) is 0. The molecule has 0 radical (unpaired) electrons. The predicted octanol–water partition coefficient (Wildman–Crippen LogP) is 4.04. The molecule has 0 spiro atoms. The number of aromatic nitrogens is 2. The average Bonchev–Trinajstić information content (AvgIpc) is 2.86. The normalized spacial score (nSPS) is 11.2. The van der Waals surface area contributed by atoms with Crippen LogP contribution in [0.5, 0.6) is 0 Å². The minimum Gasteiger partial charge on any atom is -0.454 e. The summed E-state index contributed by atoms with van der Waals surface area (Å²) in [5.41, 5.74) is 4.56. The van der Waals surface area contributed by atoms with Gasteiger partial charge in [-0.1, -0.05) is 12.1 Å². The molecule has 0 saturated carbocycles. The fraction of sp³-hybridized carbons (Fsp3) is 0. The van der Waals surface area contributed by atoms with Crippen LogP contribution in [-0.4, -0.2) is 9.97 Å². The van der Waals surface area contributed by atoms with Crippen LogP contribution in [0, 0.1) is 0 Å². The van der Waals surface area contributed by atoms with E-state index in [1.165, 1.54) is 0 Å². The van der Waals surface area contributed by atoms with Crippen molar-refractivity contribution in [1.82, 2.24) is 9.97 Å². The van der Waals surface area contributed by atoms with Crippen molar-refractivity contribution in [1.29, 1.82) is 0 Å². The molecule has 90 valence electrons. The second-order valence-corrected chi connectivity index (χ2v) is 4.38. The number of rotatable bonds is 1. The summed E-state index contributed by atoms with van der Waals surface area (Å²) >= 11 is 0. The quantitative estimate of drug-likeness (QED) is 0.508. The van der Waals surface area contributed by atoms with Gasteiger partial charge < -0.3 is 4.42 Å². The number of nitrogens with zero attached hydrogens (tertiary/aromatic N) is 2. The van der Waals surface area contributed by atoms with Crippen LogP contribution in [0.2, 0.25) is 0 Å². The molecule has 0 aliphatic heterocycles. The smallest absolute Gasteiger partial charge is 0.153 e. The predicted molar refractivity (Wildman–Crippen MR) is 74.7 cm³/mol. The van der Waals surface area contributed by atoms with Crippen molar-refractivity contribution in [3.05, 3.63) is 60.9 Å². The van der Waals surface area contributed by atoms with Crippen LogP contribution < -0.4 is 0 Å². The Kier molecular flexibility index (Phi) is 2.12. The van der Waals surface area contributed by atoms with Crippen molar-refractivity contribution in [2.45, 2.75) is 0 Å². The Balaban J connectivity index is 1.99. The number of benzene rings is 1. The van der Waals surface area contributed by atoms with Crippen LogP contribution >= 0.6 is 0 Å². The SMILES string of the molecule is c1ccc(-c2ccc3c(c2)oc2cccnc23)nc1. The zero-order valence-corrected chi connectivity index (χ0v) is 10.1. The molecule has 0 aliphatic rings. The molecule has 0 atom stereocenters. The molecular weight excluding hydrogens is 236 g/mol. The zero-order valence-electron chi connectivity index (χ0n) is 10.1. The van der Waals surface area contributed by atoms with Crippen LogP contribution in [0.3, 0.4) is 0 Å². The van der Waals surface area contributed by atoms with Crippen LogP contribution in [0.1, 0.15) is 0 Å². The van der Waals surface area contributed by atoms with Gasteiger partial charge in [0.25, 0.3) is 0 Å². The Morgan fingerprint density at radius 3 is 2.63 bits per heavy atom. The van der Waals surface area contributed by atoms with Crippen molar-refractivity contribution in [2.24, 2.45) is 0 Å². The molecule has 0 amide bonds. The Bertz CT molecular complexity index is 866. The maximum atomic E-state index is 5.82. The molecule has 19 heavy (non-hydrogen) atoms. The molecule has 0 saturated heterocycles. The molecule has 0 N–H and O–H groups in total. The van der Waals surface area contributed by atoms with Crippen LogP contribution in [0.15, 0.2) is 65.3 Å². The van der Waals surface area contributed by atoms with Crippen LogP contribution in [0.25, 0.3) is 33.3 Å². The molecule has 0 unspecified atom stereocenters. The van der Waals surface area contributed by atoms with Gasteiger partial charge in [-0.2, -0.15) is 0 Å². The summed E-state index contributed by atoms with van der Waals surface area (Å²) in [6, 6.07) is 15.8. The number of hydrogen-bond donors (Lipinski definition) is 0. The standard InChI is InChI=1S/C16H10N2O/c1-2-8-17-13(4-1)11-6-7-12-15(10-11)19-14-5-3-9-18-16(12)14/h1-10H. The highest BCUT2D eigenvalue weighted by Gasteiger charge is 2.08. The third-order valence-corrected chi connectivity index (χ3v) is 3.19. The van der Waals surface area contributed by atoms with E-state index in [9.17, 15) is 0 Å². The van der Waals surface area contributed by atoms with Crippen molar-refractivity contribution < 1.29 is 4.42 Å². The minimum absolute atomic E-state index is 0.815. The first kappa shape index (κ1) is 10.3. The van der Waals surface area contributed by atoms with E-state index in [0.717, 1.165) is 33.3 Å². The molecule has 3 heteroatoms. The Morgan fingerprint density at radius 1 is 0.789 bits per heavy atom. The molecule has 1 aromatic carbocycles. The van der Waals surface area contributed by atoms with Crippen LogP contribution in [0.4, 0.5) is 0 Å². The second-order valence-electron chi connectivity index (χ2n) is 4.38. The second kappa shape index (κ2) is 3.92. The van der Waals surface area contributed by atoms with Gasteiger partial charge in [0, 0.05) is 23.3 Å². The van der Waals surface area contributed by atoms with E-state index >= 15 is 0 Å². The van der Waals surface area contributed by atoms with Crippen LogP contribution in [-0.2, 0) is 0 Å². The van der Waals surface area contributed by atoms with E-state index in [1.807, 2.05) is 48.5 Å². The Morgan fingerprint density at radius 2 is 1.74 bits per heavy atom. The fourth-order valence-electron chi connectivity index (χ4n) is 2.29. The molecule has 0 fully saturated rings. The highest BCUT2D eigenvalue weighted by atomic mass is 16.3. The van der Waals surface area contributed by atoms with Gasteiger partial charge in [-0.05, 0) is 36.4 Å². The lowest BCUT2D eigenvalue weighted by atomic mass is 10.1. The summed E-state index contributed by atoms with van der Waals surface area (Å²) in [7, 11) is 0. The van der Waals surface area contributed by atoms with Crippen molar-refractivity contribution in [3.63, 3.8) is 0 Å². The lowest BCUT2D eigenvalue weighted by Gasteiger charge is -1.99. The van der Waals surface area contributed by atoms with E-state index in [-0.39, 0.29) is 0 Å². The molecule has 0 aliphatic carbocycles. The van der Waals surface area contributed by atoms with E-state index in [4.69, 9.17) is 4.42 Å². The number of hydrogen-bond acceptors (Lipinski definition) is 3. The third kappa shape index (κ3) is 1.59. The minimum atomic E-state index is 0.815. The molecule has 4 aromatic rings. The molecule has 3 heterocycles. The molecule has 3 nitrogen and oxygen atoms in total. The van der Waals surface area contributed by atoms with E-state index in [0.29, 0.717) is 0 Å². The summed E-state index contributed by atoms with van der Waals surface area (Å²) in [5, 5.41) is 1.04. The zero-order chi connectivity index (χ0) is 12.7. The van der Waals surface area contributed by atoms with Gasteiger partial charge >= 0.3 is 0 Å². The first-order chi connectivity index (χ1) is 9.42. The van der Waals surface area contributed by atoms with Crippen molar-refractivity contribution >= 4 is 22.1 Å². The maximum absolute atomic E-state index is 5.82. The average molecular weight is 246 g/mol. The Labute approximate surface area is 109 Å². The van der Waals surface area contributed by atoms with Gasteiger partial charge in [0.05, 0.1) is 5.69 Å². The molecule has 3 aromatic heterocycles. The molecule has 0 bridgehead atoms. The largest absolute Gasteiger partial charge is 0.454 e. The van der Waals surface area contributed by atoms with Gasteiger partial charge in [-0.15, -0.1) is 0 Å². The first-order valence-electron chi connectivity index (χ1n) is 6.10. The van der Waals surface area contributed by atoms with Gasteiger partial charge in [0.1, 0.15) is 11.1 Å². The van der Waals surface area contributed by atoms with E-state index < -0.39 is 0 Å². The van der Waals surface area contributed by atoms with E-state index in [1.54, 1.807) is 12.4 Å². The van der Waals surface area contributed by atoms with Gasteiger partial charge in [0.2, 0.25) is 0 Å². The van der Waals surface area contributed by atoms with Gasteiger partial charge in [-0.3, -0.25) is 9.97 Å². The van der Waals surface area contributed by atoms with E-state index in [2.05, 4.69) is 9.97 Å². The molecular formula is C16H10N2O. The van der Waals surface area contributed by atoms with Gasteiger partial charge in [-0.25, -0.2) is 0 Å². The highest BCUT2D eigenvalue weighted by Crippen LogP contribution is 2.30. The molecule has 4 rings (SSSR count). The lowest BCUT2D eigenvalue weighted by molar-refractivity contribution is 0.668. The lowest BCUT2D eigenvalue weighted by Crippen LogP contribution is -1.81. The summed E-state index contributed by atoms with van der Waals surface area (Å²) in [6.07, 6.45) is 3.57. The summed E-state index contributed by atoms with van der Waals surface area (Å²) in [6.45, 7) is 0. The van der Waals surface area contributed by atoms with Crippen molar-refractivity contribution in [3.8, 4) is 11.3 Å². The first-order valence-corrected chi connectivity index (χ1v) is 6.10. The monoisotopic (exact) mass is 246 g/mol. The maximum Gasteiger partial charge on any atom is 0.153 e. The third-order valence-electron chi connectivity index (χ3n) is 3.19. The number of furan rings is 1. The topological polar surface area (TPSA) is 38.9 Å². The van der Waals surface area contributed by atoms with Crippen molar-refractivity contribution in [2.75, 3.05) is 0 Å². The number of pyridine rings is 2. The number of fused-ring (bicyclic) bond motifs is 3. The summed E-state index contributed by atoms with van der Waals surface area (Å²) in [4.78, 5) is 8.71. The highest BCUT2D eigenvalue weighted by molar-refractivity contribution is 6.03. The Hall–Kier alpha value is -2.68.